The molecule has 0 saturated heterocycles. The SMILES string of the molecule is CCN(CC)CCCN(CC)c1ncccc1[C@H](C)N. The fourth-order valence-electron chi connectivity index (χ4n) is 2.47. The second kappa shape index (κ2) is 8.93. The van der Waals surface area contributed by atoms with E-state index in [2.05, 4.69) is 41.6 Å². The zero-order valence-corrected chi connectivity index (χ0v) is 13.5. The Morgan fingerprint density at radius 3 is 2.40 bits per heavy atom. The molecule has 0 saturated carbocycles. The van der Waals surface area contributed by atoms with Gasteiger partial charge in [0.05, 0.1) is 0 Å². The minimum absolute atomic E-state index is 0.0236. The Morgan fingerprint density at radius 2 is 1.85 bits per heavy atom. The summed E-state index contributed by atoms with van der Waals surface area (Å²) in [5.41, 5.74) is 7.19. The van der Waals surface area contributed by atoms with E-state index in [1.165, 1.54) is 0 Å². The Morgan fingerprint density at radius 1 is 1.15 bits per heavy atom. The van der Waals surface area contributed by atoms with Gasteiger partial charge in [-0.3, -0.25) is 0 Å². The molecule has 0 amide bonds. The average Bonchev–Trinajstić information content (AvgIpc) is 2.47. The highest BCUT2D eigenvalue weighted by molar-refractivity contribution is 5.48. The summed E-state index contributed by atoms with van der Waals surface area (Å²) in [4.78, 5) is 9.33. The highest BCUT2D eigenvalue weighted by Crippen LogP contribution is 2.22. The van der Waals surface area contributed by atoms with Gasteiger partial charge in [-0.15, -0.1) is 0 Å². The van der Waals surface area contributed by atoms with E-state index >= 15 is 0 Å². The maximum Gasteiger partial charge on any atom is 0.133 e. The van der Waals surface area contributed by atoms with Crippen molar-refractivity contribution < 1.29 is 0 Å². The summed E-state index contributed by atoms with van der Waals surface area (Å²) in [5.74, 6) is 1.05. The van der Waals surface area contributed by atoms with Gasteiger partial charge in [-0.05, 0) is 46.0 Å². The van der Waals surface area contributed by atoms with Crippen LogP contribution in [-0.2, 0) is 0 Å². The minimum Gasteiger partial charge on any atom is -0.357 e. The van der Waals surface area contributed by atoms with E-state index in [1.807, 2.05) is 19.2 Å². The molecule has 0 aliphatic heterocycles. The molecule has 1 rings (SSSR count). The molecule has 0 aliphatic carbocycles. The van der Waals surface area contributed by atoms with Crippen molar-refractivity contribution in [1.82, 2.24) is 9.88 Å². The molecule has 1 heterocycles. The lowest BCUT2D eigenvalue weighted by Crippen LogP contribution is -2.31. The molecular weight excluding hydrogens is 248 g/mol. The van der Waals surface area contributed by atoms with Crippen molar-refractivity contribution in [3.63, 3.8) is 0 Å². The minimum atomic E-state index is 0.0236. The second-order valence-electron chi connectivity index (χ2n) is 5.17. The van der Waals surface area contributed by atoms with Gasteiger partial charge in [-0.2, -0.15) is 0 Å². The summed E-state index contributed by atoms with van der Waals surface area (Å²) in [6, 6.07) is 4.07. The van der Waals surface area contributed by atoms with Gasteiger partial charge in [-0.1, -0.05) is 19.9 Å². The monoisotopic (exact) mass is 278 g/mol. The number of hydrogen-bond donors (Lipinski definition) is 1. The number of pyridine rings is 1. The van der Waals surface area contributed by atoms with Crippen LogP contribution in [-0.4, -0.2) is 42.6 Å². The van der Waals surface area contributed by atoms with E-state index in [0.29, 0.717) is 0 Å². The normalized spacial score (nSPS) is 12.7. The lowest BCUT2D eigenvalue weighted by atomic mass is 10.1. The van der Waals surface area contributed by atoms with E-state index in [0.717, 1.165) is 50.5 Å². The van der Waals surface area contributed by atoms with Crippen LogP contribution >= 0.6 is 0 Å². The third kappa shape index (κ3) is 4.76. The molecule has 1 aromatic rings. The molecule has 0 bridgehead atoms. The van der Waals surface area contributed by atoms with Crippen molar-refractivity contribution in [2.45, 2.75) is 40.2 Å². The van der Waals surface area contributed by atoms with Crippen molar-refractivity contribution >= 4 is 5.82 Å². The Bertz CT molecular complexity index is 374. The number of hydrogen-bond acceptors (Lipinski definition) is 4. The van der Waals surface area contributed by atoms with E-state index < -0.39 is 0 Å². The first-order chi connectivity index (χ1) is 9.63. The van der Waals surface area contributed by atoms with Crippen LogP contribution in [0.4, 0.5) is 5.82 Å². The van der Waals surface area contributed by atoms with Crippen LogP contribution in [0.2, 0.25) is 0 Å². The molecule has 0 aliphatic rings. The van der Waals surface area contributed by atoms with Gasteiger partial charge in [0, 0.05) is 30.9 Å². The molecule has 114 valence electrons. The van der Waals surface area contributed by atoms with Crippen molar-refractivity contribution in [2.75, 3.05) is 37.6 Å². The van der Waals surface area contributed by atoms with E-state index in [4.69, 9.17) is 5.73 Å². The Hall–Kier alpha value is -1.13. The molecule has 0 radical (unpaired) electrons. The second-order valence-corrected chi connectivity index (χ2v) is 5.17. The van der Waals surface area contributed by atoms with Gasteiger partial charge in [0.25, 0.3) is 0 Å². The summed E-state index contributed by atoms with van der Waals surface area (Å²) >= 11 is 0. The third-order valence-corrected chi connectivity index (χ3v) is 3.79. The van der Waals surface area contributed by atoms with Crippen molar-refractivity contribution in [1.29, 1.82) is 0 Å². The molecule has 2 N–H and O–H groups in total. The van der Waals surface area contributed by atoms with E-state index in [-0.39, 0.29) is 6.04 Å². The molecule has 0 unspecified atom stereocenters. The third-order valence-electron chi connectivity index (χ3n) is 3.79. The van der Waals surface area contributed by atoms with Crippen LogP contribution in [0.3, 0.4) is 0 Å². The van der Waals surface area contributed by atoms with Gasteiger partial charge < -0.3 is 15.5 Å². The molecule has 1 atom stereocenters. The van der Waals surface area contributed by atoms with Crippen molar-refractivity contribution in [2.24, 2.45) is 5.73 Å². The van der Waals surface area contributed by atoms with Crippen LogP contribution in [0.15, 0.2) is 18.3 Å². The van der Waals surface area contributed by atoms with Crippen LogP contribution in [0.25, 0.3) is 0 Å². The van der Waals surface area contributed by atoms with Crippen LogP contribution in [0.5, 0.6) is 0 Å². The number of rotatable bonds is 9. The smallest absolute Gasteiger partial charge is 0.133 e. The topological polar surface area (TPSA) is 45.4 Å². The average molecular weight is 278 g/mol. The zero-order chi connectivity index (χ0) is 15.0. The maximum atomic E-state index is 6.05. The summed E-state index contributed by atoms with van der Waals surface area (Å²) in [6.45, 7) is 14.0. The van der Waals surface area contributed by atoms with Crippen molar-refractivity contribution in [3.05, 3.63) is 23.9 Å². The van der Waals surface area contributed by atoms with E-state index in [1.54, 1.807) is 0 Å². The highest BCUT2D eigenvalue weighted by Gasteiger charge is 2.13. The van der Waals surface area contributed by atoms with Gasteiger partial charge in [0.15, 0.2) is 0 Å². The largest absolute Gasteiger partial charge is 0.357 e. The van der Waals surface area contributed by atoms with Gasteiger partial charge in [0.1, 0.15) is 5.82 Å². The van der Waals surface area contributed by atoms with Crippen LogP contribution < -0.4 is 10.6 Å². The fourth-order valence-corrected chi connectivity index (χ4v) is 2.47. The maximum absolute atomic E-state index is 6.05. The standard InChI is InChI=1S/C16H30N4/c1-5-19(6-2)12-9-13-20(7-3)16-15(14(4)17)10-8-11-18-16/h8,10-11,14H,5-7,9,12-13,17H2,1-4H3/t14-/m0/s1. The molecule has 20 heavy (non-hydrogen) atoms. The fraction of sp³-hybridized carbons (Fsp3) is 0.688. The lowest BCUT2D eigenvalue weighted by Gasteiger charge is -2.27. The first kappa shape index (κ1) is 16.9. The summed E-state index contributed by atoms with van der Waals surface area (Å²) in [6.07, 6.45) is 3.01. The molecular formula is C16H30N4. The highest BCUT2D eigenvalue weighted by atomic mass is 15.2. The van der Waals surface area contributed by atoms with Gasteiger partial charge in [-0.25, -0.2) is 4.98 Å². The number of aromatic nitrogens is 1. The number of anilines is 1. The molecule has 0 spiro atoms. The summed E-state index contributed by atoms with van der Waals surface area (Å²) in [5, 5.41) is 0. The number of nitrogens with two attached hydrogens (primary N) is 1. The lowest BCUT2D eigenvalue weighted by molar-refractivity contribution is 0.300. The molecule has 0 aromatic carbocycles. The molecule has 4 nitrogen and oxygen atoms in total. The summed E-state index contributed by atoms with van der Waals surface area (Å²) in [7, 11) is 0. The molecule has 0 fully saturated rings. The van der Waals surface area contributed by atoms with Crippen LogP contribution in [0.1, 0.15) is 45.7 Å². The Balaban J connectivity index is 2.67. The predicted molar refractivity (Wildman–Crippen MR) is 87.1 cm³/mol. The molecule has 4 heteroatoms. The van der Waals surface area contributed by atoms with Crippen LogP contribution in [0, 0.1) is 0 Å². The van der Waals surface area contributed by atoms with Gasteiger partial charge in [0.2, 0.25) is 0 Å². The predicted octanol–water partition coefficient (Wildman–Crippen LogP) is 2.66. The quantitative estimate of drug-likeness (QED) is 0.754. The van der Waals surface area contributed by atoms with Gasteiger partial charge >= 0.3 is 0 Å². The first-order valence-electron chi connectivity index (χ1n) is 7.81. The Labute approximate surface area is 124 Å². The zero-order valence-electron chi connectivity index (χ0n) is 13.5. The number of nitrogens with zero attached hydrogens (tertiary/aromatic N) is 3. The molecule has 1 aromatic heterocycles. The Kier molecular flexibility index (Phi) is 7.55. The van der Waals surface area contributed by atoms with E-state index in [9.17, 15) is 0 Å². The summed E-state index contributed by atoms with van der Waals surface area (Å²) < 4.78 is 0. The van der Waals surface area contributed by atoms with Crippen molar-refractivity contribution in [3.8, 4) is 0 Å². The first-order valence-corrected chi connectivity index (χ1v) is 7.81.